The SMILES string of the molecule is COCCS(=N)(=O)c1cc2c(cc1F)CCN2C(=O)[C@@H]1Cc2ccc(-c3ccccn3)cc2C1. The molecule has 0 saturated heterocycles. The second-order valence-electron chi connectivity index (χ2n) is 8.83. The summed E-state index contributed by atoms with van der Waals surface area (Å²) in [5.74, 6) is -0.967. The van der Waals surface area contributed by atoms with Crippen molar-refractivity contribution < 1.29 is 18.1 Å². The van der Waals surface area contributed by atoms with Gasteiger partial charge in [-0.3, -0.25) is 9.78 Å². The van der Waals surface area contributed by atoms with Crippen molar-refractivity contribution in [2.24, 2.45) is 5.92 Å². The quantitative estimate of drug-likeness (QED) is 0.573. The molecule has 34 heavy (non-hydrogen) atoms. The molecule has 2 aliphatic rings. The van der Waals surface area contributed by atoms with Crippen molar-refractivity contribution in [3.05, 3.63) is 77.2 Å². The third-order valence-electron chi connectivity index (χ3n) is 6.67. The normalized spacial score (nSPS) is 18.4. The zero-order chi connectivity index (χ0) is 23.9. The molecule has 1 aromatic heterocycles. The van der Waals surface area contributed by atoms with Crippen molar-refractivity contribution in [1.82, 2.24) is 4.98 Å². The monoisotopic (exact) mass is 479 g/mol. The summed E-state index contributed by atoms with van der Waals surface area (Å²) < 4.78 is 40.7. The van der Waals surface area contributed by atoms with Crippen molar-refractivity contribution >= 4 is 21.3 Å². The molecule has 0 radical (unpaired) electrons. The number of carbonyl (C=O) groups is 1. The summed E-state index contributed by atoms with van der Waals surface area (Å²) in [7, 11) is -1.91. The highest BCUT2D eigenvalue weighted by atomic mass is 32.2. The van der Waals surface area contributed by atoms with Crippen LogP contribution in [0.5, 0.6) is 0 Å². The predicted molar refractivity (Wildman–Crippen MR) is 129 cm³/mol. The molecule has 8 heteroatoms. The first-order valence-electron chi connectivity index (χ1n) is 11.3. The lowest BCUT2D eigenvalue weighted by molar-refractivity contribution is -0.122. The van der Waals surface area contributed by atoms with Gasteiger partial charge >= 0.3 is 0 Å². The van der Waals surface area contributed by atoms with E-state index in [1.807, 2.05) is 24.3 Å². The van der Waals surface area contributed by atoms with Crippen LogP contribution < -0.4 is 4.90 Å². The summed E-state index contributed by atoms with van der Waals surface area (Å²) >= 11 is 0. The van der Waals surface area contributed by atoms with Crippen LogP contribution in [0.3, 0.4) is 0 Å². The van der Waals surface area contributed by atoms with E-state index in [9.17, 15) is 13.4 Å². The Morgan fingerprint density at radius 3 is 2.76 bits per heavy atom. The fourth-order valence-corrected chi connectivity index (χ4v) is 6.18. The summed E-state index contributed by atoms with van der Waals surface area (Å²) in [5.41, 5.74) is 5.52. The first-order valence-corrected chi connectivity index (χ1v) is 13.0. The number of aromatic nitrogens is 1. The number of ether oxygens (including phenoxy) is 1. The molecule has 0 fully saturated rings. The van der Waals surface area contributed by atoms with Crippen molar-refractivity contribution in [3.8, 4) is 11.3 Å². The van der Waals surface area contributed by atoms with E-state index < -0.39 is 15.5 Å². The van der Waals surface area contributed by atoms with Crippen LogP contribution in [0.4, 0.5) is 10.1 Å². The number of carbonyl (C=O) groups excluding carboxylic acids is 1. The molecule has 2 heterocycles. The van der Waals surface area contributed by atoms with Gasteiger partial charge in [0.2, 0.25) is 5.91 Å². The first-order chi connectivity index (χ1) is 16.4. The Balaban J connectivity index is 1.39. The average Bonchev–Trinajstić information content (AvgIpc) is 3.45. The van der Waals surface area contributed by atoms with E-state index >= 15 is 0 Å². The molecule has 0 spiro atoms. The maximum atomic E-state index is 14.7. The average molecular weight is 480 g/mol. The Hall–Kier alpha value is -3.10. The number of hydrogen-bond acceptors (Lipinski definition) is 5. The Labute approximate surface area is 198 Å². The highest BCUT2D eigenvalue weighted by Gasteiger charge is 2.35. The van der Waals surface area contributed by atoms with E-state index in [4.69, 9.17) is 9.52 Å². The molecule has 176 valence electrons. The minimum absolute atomic E-state index is 0.0136. The number of pyridine rings is 1. The standard InChI is InChI=1S/C26H26FN3O3S/c1-33-10-11-34(28,32)25-16-24-19(15-22(25)27)7-9-30(24)26(31)21-12-17-5-6-18(13-20(17)14-21)23-4-2-3-8-29-23/h2-6,8,13,15-16,21,28H,7,9-12,14H2,1H3/t21-,34?/m1/s1. The predicted octanol–water partition coefficient (Wildman–Crippen LogP) is 4.24. The van der Waals surface area contributed by atoms with Crippen LogP contribution in [0.2, 0.25) is 0 Å². The van der Waals surface area contributed by atoms with Crippen LogP contribution in [-0.4, -0.2) is 41.1 Å². The lowest BCUT2D eigenvalue weighted by Gasteiger charge is -2.22. The fraction of sp³-hybridized carbons (Fsp3) is 0.308. The molecule has 3 aromatic rings. The Bertz CT molecular complexity index is 1360. The molecule has 1 N–H and O–H groups in total. The number of nitrogens with one attached hydrogen (secondary N) is 1. The molecular formula is C26H26FN3O3S. The molecule has 5 rings (SSSR count). The van der Waals surface area contributed by atoms with Gasteiger partial charge in [0, 0.05) is 37.0 Å². The Morgan fingerprint density at radius 2 is 2.00 bits per heavy atom. The molecule has 1 aliphatic carbocycles. The van der Waals surface area contributed by atoms with Crippen molar-refractivity contribution in [2.75, 3.05) is 30.9 Å². The second-order valence-corrected chi connectivity index (χ2v) is 11.0. The largest absolute Gasteiger partial charge is 0.384 e. The number of rotatable bonds is 6. The van der Waals surface area contributed by atoms with Gasteiger partial charge in [-0.05, 0) is 66.3 Å². The van der Waals surface area contributed by atoms with Crippen LogP contribution >= 0.6 is 0 Å². The maximum absolute atomic E-state index is 14.7. The molecule has 1 unspecified atom stereocenters. The van der Waals surface area contributed by atoms with E-state index in [-0.39, 0.29) is 29.1 Å². The molecule has 1 aliphatic heterocycles. The summed E-state index contributed by atoms with van der Waals surface area (Å²) in [6.07, 6.45) is 3.59. The minimum atomic E-state index is -3.36. The number of amides is 1. The van der Waals surface area contributed by atoms with Gasteiger partial charge in [0.1, 0.15) is 5.82 Å². The summed E-state index contributed by atoms with van der Waals surface area (Å²) in [6, 6.07) is 14.8. The van der Waals surface area contributed by atoms with E-state index in [1.165, 1.54) is 19.2 Å². The zero-order valence-corrected chi connectivity index (χ0v) is 19.7. The van der Waals surface area contributed by atoms with Crippen LogP contribution in [-0.2, 0) is 38.5 Å². The molecule has 2 aromatic carbocycles. The lowest BCUT2D eigenvalue weighted by Crippen LogP contribution is -2.35. The Morgan fingerprint density at radius 1 is 1.18 bits per heavy atom. The maximum Gasteiger partial charge on any atom is 0.230 e. The number of hydrogen-bond donors (Lipinski definition) is 1. The molecular weight excluding hydrogens is 453 g/mol. The molecule has 0 saturated carbocycles. The van der Waals surface area contributed by atoms with Gasteiger partial charge in [0.05, 0.1) is 32.7 Å². The molecule has 0 bridgehead atoms. The lowest BCUT2D eigenvalue weighted by atomic mass is 10.0. The van der Waals surface area contributed by atoms with E-state index in [0.29, 0.717) is 37.1 Å². The Kier molecular flexibility index (Phi) is 5.95. The zero-order valence-electron chi connectivity index (χ0n) is 18.9. The summed E-state index contributed by atoms with van der Waals surface area (Å²) in [5, 5.41) is 0. The van der Waals surface area contributed by atoms with Crippen molar-refractivity contribution in [1.29, 1.82) is 4.78 Å². The number of fused-ring (bicyclic) bond motifs is 2. The van der Waals surface area contributed by atoms with Crippen LogP contribution in [0.15, 0.2) is 59.6 Å². The van der Waals surface area contributed by atoms with Gasteiger partial charge in [-0.25, -0.2) is 13.4 Å². The van der Waals surface area contributed by atoms with Gasteiger partial charge in [0.15, 0.2) is 0 Å². The third kappa shape index (κ3) is 4.12. The number of methoxy groups -OCH3 is 1. The highest BCUT2D eigenvalue weighted by molar-refractivity contribution is 7.92. The van der Waals surface area contributed by atoms with E-state index in [2.05, 4.69) is 17.1 Å². The van der Waals surface area contributed by atoms with Crippen LogP contribution in [0.25, 0.3) is 11.3 Å². The number of halogens is 1. The van der Waals surface area contributed by atoms with E-state index in [1.54, 1.807) is 11.1 Å². The molecule has 2 atom stereocenters. The number of nitrogens with zero attached hydrogens (tertiary/aromatic N) is 2. The smallest absolute Gasteiger partial charge is 0.230 e. The summed E-state index contributed by atoms with van der Waals surface area (Å²) in [6.45, 7) is 0.558. The third-order valence-corrected chi connectivity index (χ3v) is 8.44. The van der Waals surface area contributed by atoms with Crippen LogP contribution in [0, 0.1) is 16.5 Å². The van der Waals surface area contributed by atoms with Gasteiger partial charge in [0.25, 0.3) is 0 Å². The van der Waals surface area contributed by atoms with Crippen LogP contribution in [0.1, 0.15) is 16.7 Å². The second kappa shape index (κ2) is 8.92. The van der Waals surface area contributed by atoms with Gasteiger partial charge in [-0.2, -0.15) is 0 Å². The van der Waals surface area contributed by atoms with Gasteiger partial charge in [-0.1, -0.05) is 18.2 Å². The number of anilines is 1. The first kappa shape index (κ1) is 22.7. The topological polar surface area (TPSA) is 83.4 Å². The molecule has 6 nitrogen and oxygen atoms in total. The van der Waals surface area contributed by atoms with Gasteiger partial charge in [-0.15, -0.1) is 0 Å². The molecule has 1 amide bonds. The highest BCUT2D eigenvalue weighted by Crippen LogP contribution is 2.37. The van der Waals surface area contributed by atoms with Gasteiger partial charge < -0.3 is 9.64 Å². The number of benzene rings is 2. The van der Waals surface area contributed by atoms with Crippen molar-refractivity contribution in [3.63, 3.8) is 0 Å². The minimum Gasteiger partial charge on any atom is -0.384 e. The van der Waals surface area contributed by atoms with E-state index in [0.717, 1.165) is 22.4 Å². The summed E-state index contributed by atoms with van der Waals surface area (Å²) in [4.78, 5) is 19.5. The fourth-order valence-electron chi connectivity index (χ4n) is 4.89. The van der Waals surface area contributed by atoms with Crippen molar-refractivity contribution in [2.45, 2.75) is 24.2 Å².